The third-order valence-electron chi connectivity index (χ3n) is 3.50. The van der Waals surface area contributed by atoms with Crippen LogP contribution >= 0.6 is 0 Å². The highest BCUT2D eigenvalue weighted by Crippen LogP contribution is 2.30. The minimum atomic E-state index is -0.438. The van der Waals surface area contributed by atoms with Gasteiger partial charge in [-0.2, -0.15) is 5.10 Å². The fourth-order valence-electron chi connectivity index (χ4n) is 2.22. The molecule has 26 heavy (non-hydrogen) atoms. The summed E-state index contributed by atoms with van der Waals surface area (Å²) in [7, 11) is 0. The van der Waals surface area contributed by atoms with Crippen molar-refractivity contribution >= 4 is 23.6 Å². The minimum absolute atomic E-state index is 0.00267. The van der Waals surface area contributed by atoms with Gasteiger partial charge in [0.25, 0.3) is 5.69 Å². The van der Waals surface area contributed by atoms with Crippen LogP contribution in [0.4, 0.5) is 11.5 Å². The van der Waals surface area contributed by atoms with Crippen molar-refractivity contribution in [3.63, 3.8) is 0 Å². The van der Waals surface area contributed by atoms with Gasteiger partial charge in [-0.3, -0.25) is 10.1 Å². The SMILES string of the molecule is Cc1c(-c2ccc(/C=N\N=C(N)c3nonc3N)o2)cccc1[N+](=O)[O-]. The van der Waals surface area contributed by atoms with Crippen molar-refractivity contribution in [3.8, 4) is 11.3 Å². The van der Waals surface area contributed by atoms with Crippen LogP contribution in [0.15, 0.2) is 49.6 Å². The highest BCUT2D eigenvalue weighted by atomic mass is 16.6. The van der Waals surface area contributed by atoms with E-state index in [-0.39, 0.29) is 23.0 Å². The molecule has 0 saturated carbocycles. The third-order valence-corrected chi connectivity index (χ3v) is 3.50. The Morgan fingerprint density at radius 1 is 1.31 bits per heavy atom. The summed E-state index contributed by atoms with van der Waals surface area (Å²) >= 11 is 0. The lowest BCUT2D eigenvalue weighted by Crippen LogP contribution is -2.15. The number of anilines is 1. The lowest BCUT2D eigenvalue weighted by atomic mass is 10.1. The lowest BCUT2D eigenvalue weighted by molar-refractivity contribution is -0.385. The third kappa shape index (κ3) is 3.26. The van der Waals surface area contributed by atoms with Crippen LogP contribution in [0.3, 0.4) is 0 Å². The van der Waals surface area contributed by atoms with Crippen LogP contribution in [0.25, 0.3) is 11.3 Å². The van der Waals surface area contributed by atoms with Gasteiger partial charge in [0.05, 0.1) is 11.1 Å². The highest BCUT2D eigenvalue weighted by molar-refractivity contribution is 5.99. The Labute approximate surface area is 146 Å². The van der Waals surface area contributed by atoms with Crippen molar-refractivity contribution in [3.05, 3.63) is 57.5 Å². The number of aromatic nitrogens is 2. The molecule has 0 aliphatic rings. The van der Waals surface area contributed by atoms with Crippen molar-refractivity contribution in [1.29, 1.82) is 0 Å². The average molecular weight is 355 g/mol. The summed E-state index contributed by atoms with van der Waals surface area (Å²) in [6.45, 7) is 1.66. The maximum absolute atomic E-state index is 11.0. The van der Waals surface area contributed by atoms with Gasteiger partial charge in [-0.1, -0.05) is 12.1 Å². The smallest absolute Gasteiger partial charge is 0.273 e. The number of nitrogens with two attached hydrogens (primary N) is 2. The quantitative estimate of drug-likeness (QED) is 0.302. The van der Waals surface area contributed by atoms with Gasteiger partial charge in [0.15, 0.2) is 17.3 Å². The first kappa shape index (κ1) is 16.8. The van der Waals surface area contributed by atoms with Gasteiger partial charge in [-0.05, 0) is 29.4 Å². The van der Waals surface area contributed by atoms with Crippen molar-refractivity contribution in [2.24, 2.45) is 15.9 Å². The molecule has 0 spiro atoms. The summed E-state index contributed by atoms with van der Waals surface area (Å²) in [6.07, 6.45) is 1.33. The van der Waals surface area contributed by atoms with Crippen molar-refractivity contribution < 1.29 is 14.0 Å². The lowest BCUT2D eigenvalue weighted by Gasteiger charge is -2.02. The molecule has 132 valence electrons. The van der Waals surface area contributed by atoms with Crippen LogP contribution in [-0.4, -0.2) is 27.3 Å². The molecule has 3 aromatic rings. The Kier molecular flexibility index (Phi) is 4.43. The molecular formula is C15H13N7O4. The first-order valence-corrected chi connectivity index (χ1v) is 7.26. The fourth-order valence-corrected chi connectivity index (χ4v) is 2.22. The molecule has 2 aromatic heterocycles. The van der Waals surface area contributed by atoms with Crippen molar-refractivity contribution in [1.82, 2.24) is 10.3 Å². The zero-order chi connectivity index (χ0) is 18.7. The molecule has 3 rings (SSSR count). The zero-order valence-electron chi connectivity index (χ0n) is 13.5. The summed E-state index contributed by atoms with van der Waals surface area (Å²) in [5.41, 5.74) is 12.4. The number of nitro benzene ring substituents is 1. The molecule has 0 aliphatic carbocycles. The van der Waals surface area contributed by atoms with Crippen LogP contribution in [0.1, 0.15) is 17.0 Å². The largest absolute Gasteiger partial charge is 0.455 e. The molecule has 0 radical (unpaired) electrons. The van der Waals surface area contributed by atoms with Crippen LogP contribution in [0, 0.1) is 17.0 Å². The highest BCUT2D eigenvalue weighted by Gasteiger charge is 2.16. The van der Waals surface area contributed by atoms with E-state index in [1.165, 1.54) is 12.3 Å². The van der Waals surface area contributed by atoms with E-state index in [4.69, 9.17) is 15.9 Å². The van der Waals surface area contributed by atoms with E-state index < -0.39 is 4.92 Å². The molecule has 0 saturated heterocycles. The molecule has 0 fully saturated rings. The normalized spacial score (nSPS) is 12.0. The second-order valence-electron chi connectivity index (χ2n) is 5.14. The maximum atomic E-state index is 11.0. The van der Waals surface area contributed by atoms with Gasteiger partial charge in [0.2, 0.25) is 0 Å². The molecule has 0 atom stereocenters. The molecule has 1 aromatic carbocycles. The number of nitrogen functional groups attached to an aromatic ring is 1. The fraction of sp³-hybridized carbons (Fsp3) is 0.0667. The van der Waals surface area contributed by atoms with Gasteiger partial charge < -0.3 is 15.9 Å². The molecule has 0 amide bonds. The predicted molar refractivity (Wildman–Crippen MR) is 92.6 cm³/mol. The number of rotatable bonds is 5. The number of benzene rings is 1. The Morgan fingerprint density at radius 2 is 2.12 bits per heavy atom. The zero-order valence-corrected chi connectivity index (χ0v) is 13.5. The van der Waals surface area contributed by atoms with Gasteiger partial charge in [0.1, 0.15) is 11.5 Å². The van der Waals surface area contributed by atoms with Crippen LogP contribution < -0.4 is 11.5 Å². The van der Waals surface area contributed by atoms with E-state index in [1.54, 1.807) is 31.2 Å². The molecule has 0 aliphatic heterocycles. The molecular weight excluding hydrogens is 342 g/mol. The topological polar surface area (TPSA) is 172 Å². The summed E-state index contributed by atoms with van der Waals surface area (Å²) in [6, 6.07) is 8.09. The first-order chi connectivity index (χ1) is 12.5. The summed E-state index contributed by atoms with van der Waals surface area (Å²) in [5, 5.41) is 25.4. The van der Waals surface area contributed by atoms with E-state index in [2.05, 4.69) is 25.1 Å². The number of nitrogens with zero attached hydrogens (tertiary/aromatic N) is 5. The Morgan fingerprint density at radius 3 is 2.81 bits per heavy atom. The second kappa shape index (κ2) is 6.84. The molecule has 2 heterocycles. The van der Waals surface area contributed by atoms with E-state index >= 15 is 0 Å². The summed E-state index contributed by atoms with van der Waals surface area (Å²) in [5.74, 6) is 0.785. The van der Waals surface area contributed by atoms with E-state index in [1.807, 2.05) is 0 Å². The van der Waals surface area contributed by atoms with E-state index in [0.717, 1.165) is 0 Å². The average Bonchev–Trinajstić information content (AvgIpc) is 3.23. The molecule has 11 heteroatoms. The van der Waals surface area contributed by atoms with E-state index in [0.29, 0.717) is 22.6 Å². The number of hydrogen-bond acceptors (Lipinski definition) is 9. The summed E-state index contributed by atoms with van der Waals surface area (Å²) in [4.78, 5) is 10.6. The van der Waals surface area contributed by atoms with Gasteiger partial charge in [0, 0.05) is 17.2 Å². The van der Waals surface area contributed by atoms with E-state index in [9.17, 15) is 10.1 Å². The van der Waals surface area contributed by atoms with Crippen LogP contribution in [-0.2, 0) is 0 Å². The van der Waals surface area contributed by atoms with Crippen LogP contribution in [0.5, 0.6) is 0 Å². The Balaban J connectivity index is 1.82. The molecule has 0 unspecified atom stereocenters. The number of hydrogen-bond donors (Lipinski definition) is 2. The second-order valence-corrected chi connectivity index (χ2v) is 5.14. The number of nitro groups is 1. The van der Waals surface area contributed by atoms with Gasteiger partial charge >= 0.3 is 0 Å². The Hall–Kier alpha value is -4.02. The summed E-state index contributed by atoms with van der Waals surface area (Å²) < 4.78 is 10.0. The maximum Gasteiger partial charge on any atom is 0.273 e. The number of furan rings is 1. The molecule has 0 bridgehead atoms. The first-order valence-electron chi connectivity index (χ1n) is 7.26. The van der Waals surface area contributed by atoms with Crippen molar-refractivity contribution in [2.45, 2.75) is 6.92 Å². The molecule has 4 N–H and O–H groups in total. The molecule has 11 nitrogen and oxygen atoms in total. The van der Waals surface area contributed by atoms with Crippen LogP contribution in [0.2, 0.25) is 0 Å². The van der Waals surface area contributed by atoms with Crippen molar-refractivity contribution in [2.75, 3.05) is 5.73 Å². The standard InChI is InChI=1S/C15H13N7O4/c1-8-10(3-2-4-11(8)22(23)24)12-6-5-9(25-12)7-18-19-14(16)13-15(17)21-26-20-13/h2-7H,1H3,(H2,16,19)(H2,17,21)/b18-7-. The van der Waals surface area contributed by atoms with Gasteiger partial charge in [-0.25, -0.2) is 4.63 Å². The minimum Gasteiger partial charge on any atom is -0.455 e. The number of amidine groups is 1. The van der Waals surface area contributed by atoms with Gasteiger partial charge in [-0.15, -0.1) is 5.10 Å². The predicted octanol–water partition coefficient (Wildman–Crippen LogP) is 1.87. The monoisotopic (exact) mass is 355 g/mol. The Bertz CT molecular complexity index is 1020.